The van der Waals surface area contributed by atoms with Crippen molar-refractivity contribution in [2.45, 2.75) is 26.8 Å². The molecule has 3 aromatic rings. The summed E-state index contributed by atoms with van der Waals surface area (Å²) >= 11 is 0. The van der Waals surface area contributed by atoms with E-state index in [1.54, 1.807) is 0 Å². The normalized spacial score (nSPS) is 11.3. The van der Waals surface area contributed by atoms with Gasteiger partial charge >= 0.3 is 0 Å². The molecule has 25 heavy (non-hydrogen) atoms. The second kappa shape index (κ2) is 7.24. The number of allylic oxidation sites excluding steroid dienone is 1. The Morgan fingerprint density at radius 3 is 1.24 bits per heavy atom. The molecule has 0 aliphatic rings. The summed E-state index contributed by atoms with van der Waals surface area (Å²) in [6, 6.07) is 27.7. The topological polar surface area (TPSA) is 0 Å². The Bertz CT molecular complexity index is 781. The van der Waals surface area contributed by atoms with Gasteiger partial charge < -0.3 is 0 Å². The van der Waals surface area contributed by atoms with Crippen LogP contribution in [-0.4, -0.2) is 8.07 Å². The zero-order valence-electron chi connectivity index (χ0n) is 15.4. The van der Waals surface area contributed by atoms with Crippen LogP contribution in [0.5, 0.6) is 0 Å². The minimum atomic E-state index is -2.18. The van der Waals surface area contributed by atoms with Crippen molar-refractivity contribution >= 4 is 23.6 Å². The highest BCUT2D eigenvalue weighted by atomic mass is 28.3. The van der Waals surface area contributed by atoms with E-state index in [0.29, 0.717) is 0 Å². The van der Waals surface area contributed by atoms with Crippen molar-refractivity contribution in [3.63, 3.8) is 0 Å². The lowest BCUT2D eigenvalue weighted by atomic mass is 10.2. The highest BCUT2D eigenvalue weighted by Gasteiger charge is 2.40. The molecule has 0 fully saturated rings. The molecule has 0 unspecified atom stereocenters. The fraction of sp³-hybridized carbons (Fsp3) is 0.167. The Morgan fingerprint density at radius 2 is 0.960 bits per heavy atom. The molecular weight excluding hydrogens is 316 g/mol. The smallest absolute Gasteiger partial charge is 0.103 e. The third-order valence-corrected chi connectivity index (χ3v) is 10.6. The quantitative estimate of drug-likeness (QED) is 0.369. The van der Waals surface area contributed by atoms with Gasteiger partial charge in [0.2, 0.25) is 0 Å². The minimum Gasteiger partial charge on any atom is -0.103 e. The highest BCUT2D eigenvalue weighted by molar-refractivity contribution is 7.12. The van der Waals surface area contributed by atoms with Crippen molar-refractivity contribution in [3.8, 4) is 0 Å². The standard InChI is InChI=1S/C24H26Si/c1-5-18-25(22-15-9-6-12-19(22)2,23-16-10-7-13-20(23)3)24-17-11-8-14-21(24)4/h5-17H,1,18H2,2-4H3. The first-order valence-electron chi connectivity index (χ1n) is 8.90. The minimum absolute atomic E-state index is 1.01. The molecule has 0 aliphatic carbocycles. The van der Waals surface area contributed by atoms with Gasteiger partial charge in [-0.1, -0.05) is 95.6 Å². The summed E-state index contributed by atoms with van der Waals surface area (Å²) < 4.78 is 0. The van der Waals surface area contributed by atoms with Gasteiger partial charge in [0.15, 0.2) is 8.07 Å². The van der Waals surface area contributed by atoms with E-state index in [2.05, 4.69) is 106 Å². The number of benzene rings is 3. The maximum atomic E-state index is 4.15. The number of aryl methyl sites for hydroxylation is 3. The van der Waals surface area contributed by atoms with Crippen molar-refractivity contribution in [1.29, 1.82) is 0 Å². The summed E-state index contributed by atoms with van der Waals surface area (Å²) in [7, 11) is -2.18. The summed E-state index contributed by atoms with van der Waals surface area (Å²) in [5.41, 5.74) is 4.13. The van der Waals surface area contributed by atoms with E-state index in [4.69, 9.17) is 0 Å². The SMILES string of the molecule is C=CC[Si](c1ccccc1C)(c1ccccc1C)c1ccccc1C. The molecule has 0 heterocycles. The molecule has 1 heteroatoms. The predicted octanol–water partition coefficient (Wildman–Crippen LogP) is 4.27. The van der Waals surface area contributed by atoms with Crippen LogP contribution in [0.2, 0.25) is 6.04 Å². The zero-order chi connectivity index (χ0) is 17.9. The number of hydrogen-bond donors (Lipinski definition) is 0. The predicted molar refractivity (Wildman–Crippen MR) is 113 cm³/mol. The summed E-state index contributed by atoms with van der Waals surface area (Å²) in [5.74, 6) is 0. The molecule has 0 radical (unpaired) electrons. The first-order valence-corrected chi connectivity index (χ1v) is 11.1. The summed E-state index contributed by atoms with van der Waals surface area (Å²) in [6.07, 6.45) is 2.12. The Kier molecular flexibility index (Phi) is 5.05. The molecule has 126 valence electrons. The summed E-state index contributed by atoms with van der Waals surface area (Å²) in [6.45, 7) is 10.9. The van der Waals surface area contributed by atoms with Crippen LogP contribution in [0.1, 0.15) is 16.7 Å². The van der Waals surface area contributed by atoms with Gasteiger partial charge in [-0.05, 0) is 42.4 Å². The van der Waals surface area contributed by atoms with E-state index in [1.807, 2.05) is 0 Å². The Hall–Kier alpha value is -2.38. The fourth-order valence-electron chi connectivity index (χ4n) is 4.14. The largest absolute Gasteiger partial charge is 0.152 e. The van der Waals surface area contributed by atoms with Crippen LogP contribution in [0, 0.1) is 20.8 Å². The molecule has 0 N–H and O–H groups in total. The van der Waals surface area contributed by atoms with Crippen LogP contribution in [0.25, 0.3) is 0 Å². The molecular formula is C24H26Si. The van der Waals surface area contributed by atoms with Gasteiger partial charge in [0.05, 0.1) is 0 Å². The molecule has 3 aromatic carbocycles. The molecule has 0 bridgehead atoms. The first kappa shape index (κ1) is 17.4. The van der Waals surface area contributed by atoms with E-state index in [0.717, 1.165) is 6.04 Å². The molecule has 0 spiro atoms. The molecule has 0 amide bonds. The van der Waals surface area contributed by atoms with Gasteiger partial charge in [-0.2, -0.15) is 0 Å². The molecule has 0 aromatic heterocycles. The van der Waals surface area contributed by atoms with Gasteiger partial charge in [-0.25, -0.2) is 0 Å². The third kappa shape index (κ3) is 3.00. The molecule has 0 atom stereocenters. The maximum absolute atomic E-state index is 4.15. The second-order valence-electron chi connectivity index (χ2n) is 6.84. The van der Waals surface area contributed by atoms with Crippen LogP contribution in [0.3, 0.4) is 0 Å². The van der Waals surface area contributed by atoms with Gasteiger partial charge in [0.1, 0.15) is 0 Å². The van der Waals surface area contributed by atoms with E-state index in [-0.39, 0.29) is 0 Å². The lowest BCUT2D eigenvalue weighted by Crippen LogP contribution is -2.68. The third-order valence-electron chi connectivity index (χ3n) is 5.27. The first-order chi connectivity index (χ1) is 12.1. The van der Waals surface area contributed by atoms with E-state index in [9.17, 15) is 0 Å². The van der Waals surface area contributed by atoms with Crippen molar-refractivity contribution in [2.75, 3.05) is 0 Å². The molecule has 3 rings (SSSR count). The van der Waals surface area contributed by atoms with Crippen molar-refractivity contribution in [3.05, 3.63) is 102 Å². The van der Waals surface area contributed by atoms with E-state index >= 15 is 0 Å². The van der Waals surface area contributed by atoms with Crippen LogP contribution < -0.4 is 15.6 Å². The zero-order valence-corrected chi connectivity index (χ0v) is 16.4. The van der Waals surface area contributed by atoms with E-state index in [1.165, 1.54) is 32.3 Å². The Labute approximate surface area is 152 Å². The lowest BCUT2D eigenvalue weighted by molar-refractivity contribution is 1.43. The Morgan fingerprint density at radius 1 is 0.640 bits per heavy atom. The average molecular weight is 343 g/mol. The molecule has 0 aliphatic heterocycles. The van der Waals surface area contributed by atoms with Gasteiger partial charge in [0, 0.05) is 0 Å². The van der Waals surface area contributed by atoms with Crippen LogP contribution in [0.15, 0.2) is 85.5 Å². The fourth-order valence-corrected chi connectivity index (χ4v) is 9.51. The van der Waals surface area contributed by atoms with Gasteiger partial charge in [-0.3, -0.25) is 0 Å². The monoisotopic (exact) mass is 342 g/mol. The van der Waals surface area contributed by atoms with Gasteiger partial charge in [-0.15, -0.1) is 6.58 Å². The van der Waals surface area contributed by atoms with Crippen molar-refractivity contribution in [2.24, 2.45) is 0 Å². The van der Waals surface area contributed by atoms with Gasteiger partial charge in [0.25, 0.3) is 0 Å². The molecule has 0 saturated heterocycles. The maximum Gasteiger partial charge on any atom is 0.152 e. The summed E-state index contributed by atoms with van der Waals surface area (Å²) in [5, 5.41) is 4.50. The average Bonchev–Trinajstić information content (AvgIpc) is 2.62. The van der Waals surface area contributed by atoms with Crippen LogP contribution in [-0.2, 0) is 0 Å². The molecule has 0 saturated carbocycles. The molecule has 0 nitrogen and oxygen atoms in total. The highest BCUT2D eigenvalue weighted by Crippen LogP contribution is 2.18. The summed E-state index contributed by atoms with van der Waals surface area (Å²) in [4.78, 5) is 0. The van der Waals surface area contributed by atoms with Crippen LogP contribution in [0.4, 0.5) is 0 Å². The van der Waals surface area contributed by atoms with Crippen LogP contribution >= 0.6 is 0 Å². The Balaban J connectivity index is 2.46. The van der Waals surface area contributed by atoms with Crippen molar-refractivity contribution < 1.29 is 0 Å². The number of rotatable bonds is 5. The lowest BCUT2D eigenvalue weighted by Gasteiger charge is -2.36. The van der Waals surface area contributed by atoms with Crippen molar-refractivity contribution in [1.82, 2.24) is 0 Å². The van der Waals surface area contributed by atoms with E-state index < -0.39 is 8.07 Å². The second-order valence-corrected chi connectivity index (χ2v) is 10.7. The number of hydrogen-bond acceptors (Lipinski definition) is 0.